The smallest absolute Gasteiger partial charge is 0.416 e. The Morgan fingerprint density at radius 1 is 0.837 bits per heavy atom. The highest BCUT2D eigenvalue weighted by molar-refractivity contribution is 5.99. The summed E-state index contributed by atoms with van der Waals surface area (Å²) in [7, 11) is 0. The molecule has 0 unspecified atom stereocenters. The standard InChI is InChI=1S/C33H34F3N3O4/c1-21-2-4-22(5-3-21)30(40)23-16-18-39(19-17-23)32(42)24-6-15-29(37-20-24)31(41)38-26-9-13-28(14-10-26)43-27-11-7-25(8-12-27)33(34,35)36/h2-8,11-12,15,20,23,26,28H,9-10,13-14,16-19H2,1H3,(H,38,41). The SMILES string of the molecule is Cc1ccc(C(=O)C2CCN(C(=O)c3ccc(C(=O)NC4CCC(Oc5ccc(C(F)(F)F)cc5)CC4)nc3)CC2)cc1. The van der Waals surface area contributed by atoms with Crippen molar-refractivity contribution in [2.75, 3.05) is 13.1 Å². The van der Waals surface area contributed by atoms with Crippen molar-refractivity contribution in [3.8, 4) is 5.75 Å². The van der Waals surface area contributed by atoms with Gasteiger partial charge >= 0.3 is 6.18 Å². The summed E-state index contributed by atoms with van der Waals surface area (Å²) in [5.74, 6) is -0.111. The molecule has 2 amide bonds. The Bertz CT molecular complexity index is 1420. The molecule has 0 radical (unpaired) electrons. The van der Waals surface area contributed by atoms with Gasteiger partial charge in [-0.25, -0.2) is 0 Å². The van der Waals surface area contributed by atoms with Crippen LogP contribution in [-0.2, 0) is 6.18 Å². The summed E-state index contributed by atoms with van der Waals surface area (Å²) in [5.41, 5.74) is 1.68. The van der Waals surface area contributed by atoms with Crippen LogP contribution in [0.3, 0.4) is 0 Å². The zero-order chi connectivity index (χ0) is 30.6. The van der Waals surface area contributed by atoms with Gasteiger partial charge in [0.2, 0.25) is 0 Å². The molecule has 2 aliphatic rings. The molecule has 43 heavy (non-hydrogen) atoms. The fraction of sp³-hybridized carbons (Fsp3) is 0.394. The van der Waals surface area contributed by atoms with Crippen molar-refractivity contribution in [2.24, 2.45) is 5.92 Å². The number of hydrogen-bond donors (Lipinski definition) is 1. The number of carbonyl (C=O) groups is 3. The van der Waals surface area contributed by atoms with Crippen LogP contribution < -0.4 is 10.1 Å². The lowest BCUT2D eigenvalue weighted by Gasteiger charge is -2.31. The van der Waals surface area contributed by atoms with Crippen LogP contribution >= 0.6 is 0 Å². The summed E-state index contributed by atoms with van der Waals surface area (Å²) in [5, 5.41) is 2.98. The number of aromatic nitrogens is 1. The van der Waals surface area contributed by atoms with Crippen LogP contribution in [0.1, 0.15) is 80.9 Å². The Morgan fingerprint density at radius 2 is 1.47 bits per heavy atom. The molecule has 0 spiro atoms. The maximum atomic E-state index is 13.0. The van der Waals surface area contributed by atoms with Crippen LogP contribution in [-0.4, -0.2) is 52.7 Å². The van der Waals surface area contributed by atoms with Crippen LogP contribution in [0.2, 0.25) is 0 Å². The summed E-state index contributed by atoms with van der Waals surface area (Å²) in [6, 6.07) is 15.3. The van der Waals surface area contributed by atoms with Gasteiger partial charge in [0.15, 0.2) is 5.78 Å². The Kier molecular flexibility index (Phi) is 9.13. The van der Waals surface area contributed by atoms with E-state index in [0.717, 1.165) is 17.7 Å². The Labute approximate surface area is 248 Å². The first-order valence-corrected chi connectivity index (χ1v) is 14.6. The van der Waals surface area contributed by atoms with E-state index in [4.69, 9.17) is 4.74 Å². The first kappa shape index (κ1) is 30.3. The monoisotopic (exact) mass is 593 g/mol. The number of ketones is 1. The third-order valence-corrected chi connectivity index (χ3v) is 8.23. The fourth-order valence-corrected chi connectivity index (χ4v) is 5.63. The van der Waals surface area contributed by atoms with E-state index >= 15 is 0 Å². The third kappa shape index (κ3) is 7.60. The number of ether oxygens (including phenoxy) is 1. The van der Waals surface area contributed by atoms with Gasteiger partial charge in [0, 0.05) is 36.8 Å². The van der Waals surface area contributed by atoms with Crippen LogP contribution in [0, 0.1) is 12.8 Å². The number of hydrogen-bond acceptors (Lipinski definition) is 5. The van der Waals surface area contributed by atoms with Crippen molar-refractivity contribution in [3.63, 3.8) is 0 Å². The van der Waals surface area contributed by atoms with Crippen LogP contribution in [0.4, 0.5) is 13.2 Å². The number of nitrogens with zero attached hydrogens (tertiary/aromatic N) is 2. The lowest BCUT2D eigenvalue weighted by molar-refractivity contribution is -0.137. The minimum absolute atomic E-state index is 0.0769. The number of likely N-dealkylation sites (tertiary alicyclic amines) is 1. The normalized spacial score (nSPS) is 19.5. The van der Waals surface area contributed by atoms with Crippen LogP contribution in [0.15, 0.2) is 66.9 Å². The molecule has 1 aliphatic carbocycles. The van der Waals surface area contributed by atoms with E-state index in [1.807, 2.05) is 31.2 Å². The first-order valence-electron chi connectivity index (χ1n) is 14.6. The Balaban J connectivity index is 1.06. The molecule has 1 saturated carbocycles. The minimum atomic E-state index is -4.39. The van der Waals surface area contributed by atoms with Gasteiger partial charge in [-0.1, -0.05) is 29.8 Å². The largest absolute Gasteiger partial charge is 0.490 e. The molecule has 2 fully saturated rings. The molecule has 7 nitrogen and oxygen atoms in total. The number of amides is 2. The van der Waals surface area contributed by atoms with Gasteiger partial charge in [-0.3, -0.25) is 19.4 Å². The van der Waals surface area contributed by atoms with Crippen molar-refractivity contribution < 1.29 is 32.3 Å². The zero-order valence-electron chi connectivity index (χ0n) is 23.9. The summed E-state index contributed by atoms with van der Waals surface area (Å²) < 4.78 is 44.1. The molecule has 10 heteroatoms. The molecule has 1 aromatic heterocycles. The van der Waals surface area contributed by atoms with Crippen molar-refractivity contribution >= 4 is 17.6 Å². The molecule has 5 rings (SSSR count). The van der Waals surface area contributed by atoms with E-state index in [0.29, 0.717) is 68.5 Å². The van der Waals surface area contributed by atoms with Gasteiger partial charge in [0.05, 0.1) is 17.2 Å². The van der Waals surface area contributed by atoms with Crippen molar-refractivity contribution in [3.05, 3.63) is 94.8 Å². The second-order valence-electron chi connectivity index (χ2n) is 11.3. The lowest BCUT2D eigenvalue weighted by atomic mass is 9.88. The van der Waals surface area contributed by atoms with E-state index in [2.05, 4.69) is 10.3 Å². The quantitative estimate of drug-likeness (QED) is 0.327. The van der Waals surface area contributed by atoms with Gasteiger partial charge in [-0.15, -0.1) is 0 Å². The van der Waals surface area contributed by atoms with Crippen molar-refractivity contribution in [1.82, 2.24) is 15.2 Å². The third-order valence-electron chi connectivity index (χ3n) is 8.23. The van der Waals surface area contributed by atoms with Gasteiger partial charge < -0.3 is 15.0 Å². The highest BCUT2D eigenvalue weighted by atomic mass is 19.4. The zero-order valence-corrected chi connectivity index (χ0v) is 23.9. The molecular weight excluding hydrogens is 559 g/mol. The van der Waals surface area contributed by atoms with Gasteiger partial charge in [0.1, 0.15) is 11.4 Å². The predicted octanol–water partition coefficient (Wildman–Crippen LogP) is 6.26. The van der Waals surface area contributed by atoms with Crippen LogP contribution in [0.5, 0.6) is 5.75 Å². The summed E-state index contributed by atoms with van der Waals surface area (Å²) >= 11 is 0. The number of aryl methyl sites for hydroxylation is 1. The maximum absolute atomic E-state index is 13.0. The fourth-order valence-electron chi connectivity index (χ4n) is 5.63. The molecule has 2 aromatic carbocycles. The number of rotatable bonds is 7. The number of benzene rings is 2. The van der Waals surface area contributed by atoms with Crippen molar-refractivity contribution in [1.29, 1.82) is 0 Å². The number of pyridine rings is 1. The first-order chi connectivity index (χ1) is 20.6. The molecule has 1 N–H and O–H groups in total. The predicted molar refractivity (Wildman–Crippen MR) is 154 cm³/mol. The number of piperidine rings is 1. The molecule has 3 aromatic rings. The topological polar surface area (TPSA) is 88.6 Å². The van der Waals surface area contributed by atoms with E-state index in [1.165, 1.54) is 24.4 Å². The summed E-state index contributed by atoms with van der Waals surface area (Å²) in [4.78, 5) is 44.6. The Morgan fingerprint density at radius 3 is 2.05 bits per heavy atom. The summed E-state index contributed by atoms with van der Waals surface area (Å²) in [6.45, 7) is 2.94. The molecular formula is C33H34F3N3O4. The van der Waals surface area contributed by atoms with E-state index in [1.54, 1.807) is 11.0 Å². The average molecular weight is 594 g/mol. The molecule has 226 valence electrons. The van der Waals surface area contributed by atoms with Gasteiger partial charge in [0.25, 0.3) is 11.8 Å². The molecule has 0 bridgehead atoms. The number of Topliss-reactive ketones (excluding diaryl/α,β-unsaturated/α-hetero) is 1. The lowest BCUT2D eigenvalue weighted by Crippen LogP contribution is -2.40. The number of alkyl halides is 3. The molecule has 1 aliphatic heterocycles. The number of carbonyl (C=O) groups excluding carboxylic acids is 3. The molecule has 1 saturated heterocycles. The minimum Gasteiger partial charge on any atom is -0.490 e. The molecule has 2 heterocycles. The van der Waals surface area contributed by atoms with Gasteiger partial charge in [-0.05, 0) is 81.8 Å². The van der Waals surface area contributed by atoms with Crippen molar-refractivity contribution in [2.45, 2.75) is 63.8 Å². The maximum Gasteiger partial charge on any atom is 0.416 e. The number of nitrogens with one attached hydrogen (secondary N) is 1. The number of halogens is 3. The van der Waals surface area contributed by atoms with E-state index < -0.39 is 11.7 Å². The summed E-state index contributed by atoms with van der Waals surface area (Å²) in [6.07, 6.45) is 0.719. The second kappa shape index (κ2) is 13.0. The van der Waals surface area contributed by atoms with Crippen LogP contribution in [0.25, 0.3) is 0 Å². The highest BCUT2D eigenvalue weighted by Crippen LogP contribution is 2.31. The average Bonchev–Trinajstić information content (AvgIpc) is 3.01. The van der Waals surface area contributed by atoms with E-state index in [9.17, 15) is 27.6 Å². The van der Waals surface area contributed by atoms with E-state index in [-0.39, 0.29) is 41.4 Å². The molecule has 0 atom stereocenters. The highest BCUT2D eigenvalue weighted by Gasteiger charge is 2.31. The Hall–Kier alpha value is -4.21. The van der Waals surface area contributed by atoms with Gasteiger partial charge in [-0.2, -0.15) is 13.2 Å². The second-order valence-corrected chi connectivity index (χ2v) is 11.3.